The highest BCUT2D eigenvalue weighted by atomic mass is 16.2. The van der Waals surface area contributed by atoms with E-state index in [1.165, 1.54) is 44.9 Å². The average molecular weight is 254 g/mol. The fourth-order valence-corrected chi connectivity index (χ4v) is 2.81. The van der Waals surface area contributed by atoms with Crippen molar-refractivity contribution in [2.24, 2.45) is 0 Å². The van der Waals surface area contributed by atoms with Crippen LogP contribution in [0.4, 0.5) is 0 Å². The molecule has 1 fully saturated rings. The molecule has 18 heavy (non-hydrogen) atoms. The Labute approximate surface area is 112 Å². The molecular weight excluding hydrogens is 224 g/mol. The molecule has 0 bridgehead atoms. The molecule has 1 rings (SSSR count). The molecule has 1 heterocycles. The molecule has 1 aliphatic rings. The topological polar surface area (TPSA) is 32.3 Å². The number of nitrogens with zero attached hydrogens (tertiary/aromatic N) is 1. The van der Waals surface area contributed by atoms with Crippen LogP contribution in [0.1, 0.15) is 64.7 Å². The van der Waals surface area contributed by atoms with Crippen LogP contribution in [0.25, 0.3) is 0 Å². The van der Waals surface area contributed by atoms with Crippen molar-refractivity contribution in [2.45, 2.75) is 70.8 Å². The number of likely N-dealkylation sites (tertiary alicyclic amines) is 1. The smallest absolute Gasteiger partial charge is 0.222 e. The van der Waals surface area contributed by atoms with Crippen molar-refractivity contribution >= 4 is 5.91 Å². The molecule has 1 N–H and O–H groups in total. The monoisotopic (exact) mass is 254 g/mol. The summed E-state index contributed by atoms with van der Waals surface area (Å²) in [7, 11) is 1.97. The average Bonchev–Trinajstić information content (AvgIpc) is 2.82. The molecule has 0 aromatic heterocycles. The Morgan fingerprint density at radius 2 is 1.94 bits per heavy atom. The fraction of sp³-hybridized carbons (Fsp3) is 0.933. The van der Waals surface area contributed by atoms with Crippen LogP contribution in [0.5, 0.6) is 0 Å². The lowest BCUT2D eigenvalue weighted by atomic mass is 10.1. The predicted octanol–water partition coefficient (Wildman–Crippen LogP) is 2.95. The van der Waals surface area contributed by atoms with E-state index in [0.717, 1.165) is 25.9 Å². The van der Waals surface area contributed by atoms with Crippen LogP contribution in [0, 0.1) is 0 Å². The molecule has 0 aliphatic carbocycles. The van der Waals surface area contributed by atoms with E-state index in [0.29, 0.717) is 11.9 Å². The van der Waals surface area contributed by atoms with Gasteiger partial charge in [0.25, 0.3) is 0 Å². The van der Waals surface area contributed by atoms with Crippen molar-refractivity contribution in [2.75, 3.05) is 20.1 Å². The molecule has 3 nitrogen and oxygen atoms in total. The number of rotatable bonds is 9. The predicted molar refractivity (Wildman–Crippen MR) is 76.7 cm³/mol. The Morgan fingerprint density at radius 1 is 1.22 bits per heavy atom. The first-order valence-corrected chi connectivity index (χ1v) is 7.73. The second kappa shape index (κ2) is 9.37. The summed E-state index contributed by atoms with van der Waals surface area (Å²) < 4.78 is 0. The third-order valence-corrected chi connectivity index (χ3v) is 3.88. The lowest BCUT2D eigenvalue weighted by molar-refractivity contribution is -0.132. The van der Waals surface area contributed by atoms with Gasteiger partial charge in [0, 0.05) is 25.6 Å². The van der Waals surface area contributed by atoms with Gasteiger partial charge in [0.1, 0.15) is 0 Å². The van der Waals surface area contributed by atoms with Crippen LogP contribution in [0.15, 0.2) is 0 Å². The third kappa shape index (κ3) is 5.38. The molecule has 1 unspecified atom stereocenters. The second-order valence-electron chi connectivity index (χ2n) is 5.46. The maximum atomic E-state index is 12.1. The first kappa shape index (κ1) is 15.5. The highest BCUT2D eigenvalue weighted by Crippen LogP contribution is 2.18. The number of hydrogen-bond acceptors (Lipinski definition) is 2. The van der Waals surface area contributed by atoms with E-state index in [1.807, 2.05) is 7.05 Å². The number of likely N-dealkylation sites (N-methyl/N-ethyl adjacent to an activating group) is 1. The molecule has 0 aromatic rings. The Hall–Kier alpha value is -0.570. The lowest BCUT2D eigenvalue weighted by Crippen LogP contribution is -2.40. The highest BCUT2D eigenvalue weighted by molar-refractivity contribution is 5.76. The van der Waals surface area contributed by atoms with Gasteiger partial charge in [0.15, 0.2) is 0 Å². The number of amides is 1. The first-order chi connectivity index (χ1) is 8.79. The zero-order valence-electron chi connectivity index (χ0n) is 12.2. The summed E-state index contributed by atoms with van der Waals surface area (Å²) in [6.45, 7) is 4.15. The summed E-state index contributed by atoms with van der Waals surface area (Å²) in [5, 5.41) is 3.19. The zero-order chi connectivity index (χ0) is 13.2. The second-order valence-corrected chi connectivity index (χ2v) is 5.46. The fourth-order valence-electron chi connectivity index (χ4n) is 2.81. The minimum atomic E-state index is 0.378. The minimum absolute atomic E-state index is 0.378. The molecule has 0 spiro atoms. The lowest BCUT2D eigenvalue weighted by Gasteiger charge is -2.24. The molecule has 3 heteroatoms. The van der Waals surface area contributed by atoms with Crippen LogP contribution in [0.3, 0.4) is 0 Å². The normalized spacial score (nSPS) is 19.4. The van der Waals surface area contributed by atoms with Gasteiger partial charge < -0.3 is 10.2 Å². The Balaban J connectivity index is 2.12. The Bertz CT molecular complexity index is 231. The first-order valence-electron chi connectivity index (χ1n) is 7.73. The molecule has 0 radical (unpaired) electrons. The summed E-state index contributed by atoms with van der Waals surface area (Å²) in [5.41, 5.74) is 0. The van der Waals surface area contributed by atoms with E-state index in [1.54, 1.807) is 0 Å². The third-order valence-electron chi connectivity index (χ3n) is 3.88. The Morgan fingerprint density at radius 3 is 2.67 bits per heavy atom. The molecule has 0 aromatic carbocycles. The van der Waals surface area contributed by atoms with Crippen LogP contribution >= 0.6 is 0 Å². The van der Waals surface area contributed by atoms with Crippen LogP contribution in [-0.2, 0) is 4.79 Å². The van der Waals surface area contributed by atoms with Gasteiger partial charge in [-0.3, -0.25) is 4.79 Å². The molecular formula is C15H30N2O. The van der Waals surface area contributed by atoms with Crippen molar-refractivity contribution in [3.63, 3.8) is 0 Å². The van der Waals surface area contributed by atoms with Gasteiger partial charge >= 0.3 is 0 Å². The maximum absolute atomic E-state index is 12.1. The van der Waals surface area contributed by atoms with Crippen molar-refractivity contribution in [1.82, 2.24) is 10.2 Å². The largest absolute Gasteiger partial charge is 0.338 e. The Kier molecular flexibility index (Phi) is 8.06. The maximum Gasteiger partial charge on any atom is 0.222 e. The van der Waals surface area contributed by atoms with E-state index in [4.69, 9.17) is 0 Å². The summed E-state index contributed by atoms with van der Waals surface area (Å²) in [4.78, 5) is 14.2. The van der Waals surface area contributed by atoms with Crippen LogP contribution < -0.4 is 5.32 Å². The number of hydrogen-bond donors (Lipinski definition) is 1. The van der Waals surface area contributed by atoms with Crippen molar-refractivity contribution < 1.29 is 4.79 Å². The van der Waals surface area contributed by atoms with Gasteiger partial charge in [-0.05, 0) is 26.3 Å². The van der Waals surface area contributed by atoms with Crippen LogP contribution in [0.2, 0.25) is 0 Å². The standard InChI is InChI=1S/C15H30N2O/c1-3-4-5-6-7-8-11-15(18)17-12-9-10-14(17)13-16-2/h14,16H,3-13H2,1-2H3. The summed E-state index contributed by atoms with van der Waals surface area (Å²) in [6.07, 6.45) is 10.6. The van der Waals surface area contributed by atoms with E-state index in [9.17, 15) is 4.79 Å². The molecule has 106 valence electrons. The number of carbonyl (C=O) groups excluding carboxylic acids is 1. The van der Waals surface area contributed by atoms with Gasteiger partial charge in [-0.1, -0.05) is 39.0 Å². The van der Waals surface area contributed by atoms with Gasteiger partial charge in [0.2, 0.25) is 5.91 Å². The quantitative estimate of drug-likeness (QED) is 0.642. The molecule has 1 aliphatic heterocycles. The van der Waals surface area contributed by atoms with Crippen molar-refractivity contribution in [3.05, 3.63) is 0 Å². The molecule has 1 amide bonds. The van der Waals surface area contributed by atoms with E-state index >= 15 is 0 Å². The number of carbonyl (C=O) groups is 1. The van der Waals surface area contributed by atoms with Gasteiger partial charge in [-0.2, -0.15) is 0 Å². The minimum Gasteiger partial charge on any atom is -0.338 e. The van der Waals surface area contributed by atoms with Gasteiger partial charge in [-0.15, -0.1) is 0 Å². The number of nitrogens with one attached hydrogen (secondary N) is 1. The summed E-state index contributed by atoms with van der Waals surface area (Å²) >= 11 is 0. The zero-order valence-corrected chi connectivity index (χ0v) is 12.2. The van der Waals surface area contributed by atoms with E-state index in [2.05, 4.69) is 17.1 Å². The van der Waals surface area contributed by atoms with Gasteiger partial charge in [0.05, 0.1) is 0 Å². The highest BCUT2D eigenvalue weighted by Gasteiger charge is 2.27. The molecule has 1 atom stereocenters. The van der Waals surface area contributed by atoms with Gasteiger partial charge in [-0.25, -0.2) is 0 Å². The van der Waals surface area contributed by atoms with E-state index < -0.39 is 0 Å². The van der Waals surface area contributed by atoms with Crippen molar-refractivity contribution in [1.29, 1.82) is 0 Å². The van der Waals surface area contributed by atoms with Crippen LogP contribution in [-0.4, -0.2) is 37.0 Å². The number of unbranched alkanes of at least 4 members (excludes halogenated alkanes) is 5. The van der Waals surface area contributed by atoms with Crippen molar-refractivity contribution in [3.8, 4) is 0 Å². The molecule has 1 saturated heterocycles. The molecule has 0 saturated carbocycles. The summed E-state index contributed by atoms with van der Waals surface area (Å²) in [5.74, 6) is 0.378. The van der Waals surface area contributed by atoms with E-state index in [-0.39, 0.29) is 0 Å². The SMILES string of the molecule is CCCCCCCCC(=O)N1CCCC1CNC. The summed E-state index contributed by atoms with van der Waals surface area (Å²) in [6, 6.07) is 0.447.